The molecule has 2 aromatic rings. The molecule has 3 N–H and O–H groups in total. The summed E-state index contributed by atoms with van der Waals surface area (Å²) >= 11 is 4.65. The Morgan fingerprint density at radius 3 is 2.38 bits per heavy atom. The van der Waals surface area contributed by atoms with Crippen LogP contribution in [0.1, 0.15) is 16.8 Å². The van der Waals surface area contributed by atoms with Crippen molar-refractivity contribution < 1.29 is 13.2 Å². The number of anilines is 2. The number of alkyl halides is 3. The molecule has 0 radical (unpaired) electrons. The Bertz CT molecular complexity index is 666. The van der Waals surface area contributed by atoms with Crippen LogP contribution < -0.4 is 11.1 Å². The molecule has 0 aliphatic rings. The second kappa shape index (κ2) is 5.69. The minimum absolute atomic E-state index is 0.190. The van der Waals surface area contributed by atoms with Crippen molar-refractivity contribution in [1.29, 1.82) is 0 Å². The van der Waals surface area contributed by atoms with E-state index in [9.17, 15) is 13.2 Å². The predicted molar refractivity (Wildman–Crippen MR) is 79.6 cm³/mol. The number of rotatable bonds is 3. The highest BCUT2D eigenvalue weighted by atomic mass is 32.1. The summed E-state index contributed by atoms with van der Waals surface area (Å²) in [5.74, 6) is 0. The van der Waals surface area contributed by atoms with Gasteiger partial charge in [0.15, 0.2) is 0 Å². The maximum Gasteiger partial charge on any atom is 0.417 e. The molecule has 0 bridgehead atoms. The average molecular weight is 311 g/mol. The lowest BCUT2D eigenvalue weighted by Gasteiger charge is -2.14. The Labute approximate surface area is 125 Å². The van der Waals surface area contributed by atoms with E-state index in [4.69, 9.17) is 5.73 Å². The van der Waals surface area contributed by atoms with Crippen LogP contribution in [-0.4, -0.2) is 9.97 Å². The fourth-order valence-electron chi connectivity index (χ4n) is 1.78. The van der Waals surface area contributed by atoms with Gasteiger partial charge in [0.1, 0.15) is 4.99 Å². The minimum Gasteiger partial charge on any atom is -0.389 e. The van der Waals surface area contributed by atoms with Crippen LogP contribution in [0.2, 0.25) is 0 Å². The fourth-order valence-corrected chi connectivity index (χ4v) is 1.96. The van der Waals surface area contributed by atoms with E-state index >= 15 is 0 Å². The molecule has 110 valence electrons. The van der Waals surface area contributed by atoms with E-state index in [-0.39, 0.29) is 16.2 Å². The van der Waals surface area contributed by atoms with Crippen LogP contribution in [0.5, 0.6) is 0 Å². The molecule has 0 unspecified atom stereocenters. The van der Waals surface area contributed by atoms with Gasteiger partial charge >= 0.3 is 6.18 Å². The highest BCUT2D eigenvalue weighted by molar-refractivity contribution is 7.80. The first kappa shape index (κ1) is 15.2. The van der Waals surface area contributed by atoms with E-state index in [1.165, 1.54) is 12.1 Å². The summed E-state index contributed by atoms with van der Waals surface area (Å²) in [6.45, 7) is 1.82. The molecule has 21 heavy (non-hydrogen) atoms. The van der Waals surface area contributed by atoms with E-state index < -0.39 is 11.7 Å². The average Bonchev–Trinajstić information content (AvgIpc) is 2.40. The number of aromatic nitrogens is 1. The molecular formula is C14H12F3N3S. The Hall–Kier alpha value is -2.15. The zero-order valence-electron chi connectivity index (χ0n) is 11.0. The molecule has 0 aliphatic heterocycles. The number of thiocarbonyl (C=S) groups is 1. The molecule has 3 nitrogen and oxygen atoms in total. The number of halogens is 3. The summed E-state index contributed by atoms with van der Waals surface area (Å²) in [5, 5.41) is 2.86. The highest BCUT2D eigenvalue weighted by Crippen LogP contribution is 2.34. The van der Waals surface area contributed by atoms with Gasteiger partial charge in [-0.3, -0.25) is 4.98 Å². The quantitative estimate of drug-likeness (QED) is 0.847. The van der Waals surface area contributed by atoms with Gasteiger partial charge in [-0.25, -0.2) is 0 Å². The Balaban J connectivity index is 2.38. The molecule has 0 aliphatic carbocycles. The zero-order chi connectivity index (χ0) is 15.6. The maximum absolute atomic E-state index is 13.0. The molecule has 7 heteroatoms. The predicted octanol–water partition coefficient (Wildman–Crippen LogP) is 3.79. The van der Waals surface area contributed by atoms with E-state index in [1.54, 1.807) is 18.3 Å². The van der Waals surface area contributed by atoms with Crippen LogP contribution in [-0.2, 0) is 6.18 Å². The molecule has 0 spiro atoms. The Morgan fingerprint density at radius 1 is 1.19 bits per heavy atom. The van der Waals surface area contributed by atoms with Crippen LogP contribution in [0, 0.1) is 6.92 Å². The number of nitrogens with zero attached hydrogens (tertiary/aromatic N) is 1. The molecule has 0 fully saturated rings. The smallest absolute Gasteiger partial charge is 0.389 e. The normalized spacial score (nSPS) is 11.2. The second-order valence-corrected chi connectivity index (χ2v) is 4.88. The third-order valence-electron chi connectivity index (χ3n) is 2.79. The summed E-state index contributed by atoms with van der Waals surface area (Å²) in [4.78, 5) is 3.78. The lowest BCUT2D eigenvalue weighted by Crippen LogP contribution is -2.18. The second-order valence-electron chi connectivity index (χ2n) is 4.44. The van der Waals surface area contributed by atoms with Crippen molar-refractivity contribution in [3.05, 3.63) is 53.3 Å². The van der Waals surface area contributed by atoms with Crippen LogP contribution >= 0.6 is 12.2 Å². The summed E-state index contributed by atoms with van der Waals surface area (Å²) in [6, 6.07) is 7.22. The molecule has 2 rings (SSSR count). The Morgan fingerprint density at radius 2 is 1.86 bits per heavy atom. The maximum atomic E-state index is 13.0. The molecular weight excluding hydrogens is 299 g/mol. The van der Waals surface area contributed by atoms with E-state index in [2.05, 4.69) is 22.5 Å². The third-order valence-corrected chi connectivity index (χ3v) is 3.01. The van der Waals surface area contributed by atoms with Gasteiger partial charge < -0.3 is 11.1 Å². The number of hydrogen-bond acceptors (Lipinski definition) is 3. The third kappa shape index (κ3) is 3.69. The van der Waals surface area contributed by atoms with Gasteiger partial charge in [-0.2, -0.15) is 13.2 Å². The molecule has 1 heterocycles. The van der Waals surface area contributed by atoms with E-state index in [1.807, 2.05) is 6.92 Å². The molecule has 0 saturated heterocycles. The van der Waals surface area contributed by atoms with Crippen molar-refractivity contribution in [2.24, 2.45) is 5.73 Å². The van der Waals surface area contributed by atoms with Crippen LogP contribution in [0.15, 0.2) is 36.5 Å². The number of benzene rings is 1. The van der Waals surface area contributed by atoms with E-state index in [0.717, 1.165) is 11.8 Å². The number of aryl methyl sites for hydroxylation is 1. The molecule has 1 aromatic heterocycles. The number of nitrogens with one attached hydrogen (secondary N) is 1. The van der Waals surface area contributed by atoms with Gasteiger partial charge in [0.05, 0.1) is 17.4 Å². The summed E-state index contributed by atoms with van der Waals surface area (Å²) in [5.41, 5.74) is 5.98. The first-order chi connectivity index (χ1) is 9.77. The first-order valence-corrected chi connectivity index (χ1v) is 6.39. The fraction of sp³-hybridized carbons (Fsp3) is 0.143. The van der Waals surface area contributed by atoms with Crippen molar-refractivity contribution in [3.63, 3.8) is 0 Å². The van der Waals surface area contributed by atoms with Crippen LogP contribution in [0.3, 0.4) is 0 Å². The SMILES string of the molecule is Cc1ccc(Nc2ccc(C(N)=S)c(C(F)(F)F)c2)cn1. The van der Waals surface area contributed by atoms with Crippen molar-refractivity contribution in [2.75, 3.05) is 5.32 Å². The molecule has 1 aromatic carbocycles. The molecule has 0 atom stereocenters. The lowest BCUT2D eigenvalue weighted by molar-refractivity contribution is -0.137. The Kier molecular flexibility index (Phi) is 4.13. The molecule has 0 amide bonds. The van der Waals surface area contributed by atoms with Crippen LogP contribution in [0.25, 0.3) is 0 Å². The van der Waals surface area contributed by atoms with Crippen molar-refractivity contribution >= 4 is 28.6 Å². The monoisotopic (exact) mass is 311 g/mol. The minimum atomic E-state index is -4.53. The van der Waals surface area contributed by atoms with E-state index in [0.29, 0.717) is 5.69 Å². The van der Waals surface area contributed by atoms with Crippen molar-refractivity contribution in [3.8, 4) is 0 Å². The lowest BCUT2D eigenvalue weighted by atomic mass is 10.1. The zero-order valence-corrected chi connectivity index (χ0v) is 11.8. The number of pyridine rings is 1. The van der Waals surface area contributed by atoms with Crippen LogP contribution in [0.4, 0.5) is 24.5 Å². The summed E-state index contributed by atoms with van der Waals surface area (Å²) < 4.78 is 39.1. The number of nitrogens with two attached hydrogens (primary N) is 1. The summed E-state index contributed by atoms with van der Waals surface area (Å²) in [7, 11) is 0. The highest BCUT2D eigenvalue weighted by Gasteiger charge is 2.34. The topological polar surface area (TPSA) is 50.9 Å². The van der Waals surface area contributed by atoms with Crippen molar-refractivity contribution in [2.45, 2.75) is 13.1 Å². The van der Waals surface area contributed by atoms with Gasteiger partial charge in [0.2, 0.25) is 0 Å². The van der Waals surface area contributed by atoms with Gasteiger partial charge in [0.25, 0.3) is 0 Å². The first-order valence-electron chi connectivity index (χ1n) is 5.98. The van der Waals surface area contributed by atoms with Gasteiger partial charge in [-0.05, 0) is 37.3 Å². The van der Waals surface area contributed by atoms with Gasteiger partial charge in [0, 0.05) is 16.9 Å². The standard InChI is InChI=1S/C14H12F3N3S/c1-8-2-3-10(7-19-8)20-9-4-5-11(13(18)21)12(6-9)14(15,16)17/h2-7,20H,1H3,(H2,18,21). The van der Waals surface area contributed by atoms with Gasteiger partial charge in [-0.1, -0.05) is 12.2 Å². The summed E-state index contributed by atoms with van der Waals surface area (Å²) in [6.07, 6.45) is -2.98. The largest absolute Gasteiger partial charge is 0.417 e. The van der Waals surface area contributed by atoms with Gasteiger partial charge in [-0.15, -0.1) is 0 Å². The number of hydrogen-bond donors (Lipinski definition) is 2. The van der Waals surface area contributed by atoms with Crippen molar-refractivity contribution in [1.82, 2.24) is 4.98 Å². The molecule has 0 saturated carbocycles.